The van der Waals surface area contributed by atoms with Crippen molar-refractivity contribution in [1.82, 2.24) is 20.9 Å². The Bertz CT molecular complexity index is 1370. The maximum absolute atomic E-state index is 14.5. The van der Waals surface area contributed by atoms with Crippen LogP contribution in [0.4, 0.5) is 13.2 Å². The lowest BCUT2D eigenvalue weighted by molar-refractivity contribution is -0.158. The van der Waals surface area contributed by atoms with E-state index in [0.29, 0.717) is 18.9 Å². The first kappa shape index (κ1) is 30.8. The van der Waals surface area contributed by atoms with Gasteiger partial charge in [-0.25, -0.2) is 9.18 Å². The van der Waals surface area contributed by atoms with Crippen molar-refractivity contribution in [3.05, 3.63) is 59.2 Å². The summed E-state index contributed by atoms with van der Waals surface area (Å²) < 4.78 is 47.3. The Morgan fingerprint density at radius 3 is 2.40 bits per heavy atom. The molecular weight excluding hydrogens is 561 g/mol. The van der Waals surface area contributed by atoms with Crippen molar-refractivity contribution < 1.29 is 47.3 Å². The molecule has 3 amide bonds. The van der Waals surface area contributed by atoms with Crippen molar-refractivity contribution in [3.63, 3.8) is 0 Å². The lowest BCUT2D eigenvalue weighted by Gasteiger charge is -2.37. The van der Waals surface area contributed by atoms with E-state index in [9.17, 15) is 42.6 Å². The van der Waals surface area contributed by atoms with Crippen LogP contribution in [-0.2, 0) is 25.5 Å². The molecule has 1 saturated carbocycles. The van der Waals surface area contributed by atoms with Gasteiger partial charge in [0.05, 0.1) is 23.6 Å². The topological polar surface area (TPSA) is 167 Å². The van der Waals surface area contributed by atoms with Gasteiger partial charge in [0.2, 0.25) is 17.8 Å². The zero-order valence-corrected chi connectivity index (χ0v) is 22.8. The summed E-state index contributed by atoms with van der Waals surface area (Å²) in [5.74, 6) is -9.97. The minimum atomic E-state index is -1.72. The van der Waals surface area contributed by atoms with Crippen LogP contribution < -0.4 is 16.0 Å². The van der Waals surface area contributed by atoms with Crippen LogP contribution in [0.5, 0.6) is 5.75 Å². The van der Waals surface area contributed by atoms with Gasteiger partial charge in [-0.05, 0) is 50.3 Å². The number of amides is 3. The van der Waals surface area contributed by atoms with Gasteiger partial charge < -0.3 is 30.9 Å². The van der Waals surface area contributed by atoms with Crippen molar-refractivity contribution in [1.29, 1.82) is 0 Å². The Morgan fingerprint density at radius 1 is 1.07 bits per heavy atom. The summed E-state index contributed by atoms with van der Waals surface area (Å²) in [6, 6.07) is 1.84. The van der Waals surface area contributed by atoms with Crippen LogP contribution in [-0.4, -0.2) is 69.2 Å². The highest BCUT2D eigenvalue weighted by Gasteiger charge is 2.42. The molecule has 4 rings (SSSR count). The Kier molecular flexibility index (Phi) is 9.34. The Morgan fingerprint density at radius 2 is 1.76 bits per heavy atom. The Balaban J connectivity index is 1.71. The number of aliphatic hydroxyl groups is 1. The summed E-state index contributed by atoms with van der Waals surface area (Å²) in [5, 5.41) is 28.7. The smallest absolute Gasteiger partial charge is 0.329 e. The lowest BCUT2D eigenvalue weighted by Crippen LogP contribution is -2.61. The van der Waals surface area contributed by atoms with Gasteiger partial charge in [0, 0.05) is 5.56 Å². The number of ether oxygens (including phenoxy) is 1. The molecule has 2 aromatic rings. The number of esters is 1. The number of carbonyl (C=O) groups excluding carboxylic acids is 4. The number of para-hydroxylation sites is 1. The molecule has 1 aliphatic carbocycles. The molecule has 42 heavy (non-hydrogen) atoms. The number of benzene rings is 1. The molecule has 2 fully saturated rings. The van der Waals surface area contributed by atoms with E-state index < -0.39 is 89.6 Å². The first-order chi connectivity index (χ1) is 19.9. The Hall–Kier alpha value is -4.20. The van der Waals surface area contributed by atoms with Crippen molar-refractivity contribution >= 4 is 23.7 Å². The fraction of sp³-hybridized carbons (Fsp3) is 0.464. The van der Waals surface area contributed by atoms with Gasteiger partial charge >= 0.3 is 5.97 Å². The van der Waals surface area contributed by atoms with E-state index in [1.54, 1.807) is 0 Å². The number of aliphatic hydroxyl groups excluding tert-OH is 1. The average molecular weight is 593 g/mol. The van der Waals surface area contributed by atoms with Crippen LogP contribution in [0, 0.1) is 29.5 Å². The molecule has 0 bridgehead atoms. The van der Waals surface area contributed by atoms with Crippen molar-refractivity contribution in [2.45, 2.75) is 69.9 Å². The summed E-state index contributed by atoms with van der Waals surface area (Å²) >= 11 is 0. The predicted molar refractivity (Wildman–Crippen MR) is 139 cm³/mol. The second-order valence-corrected chi connectivity index (χ2v) is 10.6. The second kappa shape index (κ2) is 12.8. The number of hydrogen-bond donors (Lipinski definition) is 5. The molecule has 5 N–H and O–H groups in total. The van der Waals surface area contributed by atoms with Crippen LogP contribution in [0.25, 0.3) is 0 Å². The van der Waals surface area contributed by atoms with Crippen LogP contribution in [0.1, 0.15) is 49.0 Å². The SMILES string of the molecule is C[C@H]1OC(=O)C(C2CCC2)NC(=O)[C@H](C)[C@H](O)[C@H](Cc2cc(F)c(F)nc2F)NC(=O)C1NC(=O)c1ccccc1O. The molecular formula is C28H31F3N4O7. The third-order valence-electron chi connectivity index (χ3n) is 7.73. The zero-order chi connectivity index (χ0) is 30.7. The van der Waals surface area contributed by atoms with E-state index in [1.165, 1.54) is 38.1 Å². The molecule has 1 saturated heterocycles. The minimum absolute atomic E-state index is 0.185. The van der Waals surface area contributed by atoms with Gasteiger partial charge in [0.25, 0.3) is 11.9 Å². The second-order valence-electron chi connectivity index (χ2n) is 10.6. The zero-order valence-electron chi connectivity index (χ0n) is 22.8. The number of aromatic hydroxyl groups is 1. The fourth-order valence-corrected chi connectivity index (χ4v) is 4.93. The molecule has 2 aliphatic rings. The monoisotopic (exact) mass is 592 g/mol. The number of nitrogens with zero attached hydrogens (tertiary/aromatic N) is 1. The van der Waals surface area contributed by atoms with Crippen LogP contribution in [0.15, 0.2) is 30.3 Å². The maximum atomic E-state index is 14.5. The molecule has 226 valence electrons. The number of aromatic nitrogens is 1. The van der Waals surface area contributed by atoms with E-state index in [-0.39, 0.29) is 17.2 Å². The van der Waals surface area contributed by atoms with Gasteiger partial charge in [0.1, 0.15) is 23.9 Å². The van der Waals surface area contributed by atoms with Crippen LogP contribution >= 0.6 is 0 Å². The number of halogens is 3. The van der Waals surface area contributed by atoms with Gasteiger partial charge in [0.15, 0.2) is 5.82 Å². The third kappa shape index (κ3) is 6.64. The molecule has 0 radical (unpaired) electrons. The highest BCUT2D eigenvalue weighted by Crippen LogP contribution is 2.31. The average Bonchev–Trinajstić information content (AvgIpc) is 2.91. The van der Waals surface area contributed by atoms with Gasteiger partial charge in [-0.2, -0.15) is 13.8 Å². The highest BCUT2D eigenvalue weighted by atomic mass is 19.2. The molecule has 1 aromatic heterocycles. The van der Waals surface area contributed by atoms with Crippen LogP contribution in [0.3, 0.4) is 0 Å². The van der Waals surface area contributed by atoms with E-state index >= 15 is 0 Å². The van der Waals surface area contributed by atoms with E-state index in [0.717, 1.165) is 6.42 Å². The summed E-state index contributed by atoms with van der Waals surface area (Å²) in [5.41, 5.74) is -0.686. The molecule has 1 aromatic carbocycles. The quantitative estimate of drug-likeness (QED) is 0.256. The molecule has 2 heterocycles. The highest BCUT2D eigenvalue weighted by molar-refractivity contribution is 6.00. The lowest BCUT2D eigenvalue weighted by atomic mass is 9.79. The molecule has 11 nitrogen and oxygen atoms in total. The van der Waals surface area contributed by atoms with Crippen molar-refractivity contribution in [2.24, 2.45) is 11.8 Å². The van der Waals surface area contributed by atoms with E-state index in [1.807, 2.05) is 0 Å². The van der Waals surface area contributed by atoms with Gasteiger partial charge in [-0.3, -0.25) is 14.4 Å². The fourth-order valence-electron chi connectivity index (χ4n) is 4.93. The first-order valence-corrected chi connectivity index (χ1v) is 13.5. The number of pyridine rings is 1. The van der Waals surface area contributed by atoms with E-state index in [2.05, 4.69) is 20.9 Å². The number of phenols is 1. The van der Waals surface area contributed by atoms with Crippen molar-refractivity contribution in [3.8, 4) is 5.75 Å². The number of rotatable bonds is 5. The van der Waals surface area contributed by atoms with Gasteiger partial charge in [-0.15, -0.1) is 0 Å². The standard InChI is InChI=1S/C28H31F3N4O7/c1-12-22(37)18(11-15-10-17(29)24(31)35-23(15)30)32-27(40)20(33-26(39)16-8-3-4-9-19(16)36)13(2)42-28(41)21(34-25(12)38)14-6-5-7-14/h3-4,8-10,12-14,18,20-22,36-37H,5-7,11H2,1-2H3,(H,32,40)(H,33,39)(H,34,38)/t12-,13-,18+,20?,21?,22+/m1/s1. The predicted octanol–water partition coefficient (Wildman–Crippen LogP) is 1.26. The summed E-state index contributed by atoms with van der Waals surface area (Å²) in [4.78, 5) is 55.7. The molecule has 14 heteroatoms. The number of carbonyl (C=O) groups is 4. The largest absolute Gasteiger partial charge is 0.507 e. The van der Waals surface area contributed by atoms with Crippen LogP contribution in [0.2, 0.25) is 0 Å². The summed E-state index contributed by atoms with van der Waals surface area (Å²) in [6.45, 7) is 2.64. The van der Waals surface area contributed by atoms with Crippen molar-refractivity contribution in [2.75, 3.05) is 0 Å². The third-order valence-corrected chi connectivity index (χ3v) is 7.73. The van der Waals surface area contributed by atoms with Gasteiger partial charge in [-0.1, -0.05) is 25.5 Å². The number of hydrogen-bond acceptors (Lipinski definition) is 8. The maximum Gasteiger partial charge on any atom is 0.329 e. The minimum Gasteiger partial charge on any atom is -0.507 e. The molecule has 6 atom stereocenters. The first-order valence-electron chi connectivity index (χ1n) is 13.5. The number of phenolic OH excluding ortho intramolecular Hbond substituents is 1. The number of cyclic esters (lactones) is 1. The molecule has 1 aliphatic heterocycles. The molecule has 2 unspecified atom stereocenters. The summed E-state index contributed by atoms with van der Waals surface area (Å²) in [7, 11) is 0. The summed E-state index contributed by atoms with van der Waals surface area (Å²) in [6.07, 6.45) is -1.63. The normalized spacial score (nSPS) is 27.4. The molecule has 0 spiro atoms. The number of nitrogens with one attached hydrogen (secondary N) is 3. The van der Waals surface area contributed by atoms with E-state index in [4.69, 9.17) is 4.74 Å². The Labute approximate surface area is 238 Å².